The molecule has 0 radical (unpaired) electrons. The summed E-state index contributed by atoms with van der Waals surface area (Å²) in [7, 11) is 0. The molecular formula is C20H28N2O5. The Bertz CT molecular complexity index is 693. The second-order valence-electron chi connectivity index (χ2n) is 7.12. The SMILES string of the molecule is CC(OC(=O)CCN1C(=O)COc2ccccc21)C(=O)N(C(C)C)C(C)C. The normalized spacial score (nSPS) is 14.6. The molecule has 1 aromatic rings. The van der Waals surface area contributed by atoms with Crippen LogP contribution in [0.3, 0.4) is 0 Å². The highest BCUT2D eigenvalue weighted by atomic mass is 16.5. The first-order valence-corrected chi connectivity index (χ1v) is 9.26. The molecule has 7 nitrogen and oxygen atoms in total. The molecule has 0 spiro atoms. The second kappa shape index (κ2) is 8.88. The maximum absolute atomic E-state index is 12.6. The van der Waals surface area contributed by atoms with E-state index in [1.165, 1.54) is 4.90 Å². The van der Waals surface area contributed by atoms with Crippen LogP contribution in [-0.2, 0) is 19.1 Å². The predicted molar refractivity (Wildman–Crippen MR) is 102 cm³/mol. The minimum absolute atomic E-state index is 0.00104. The fourth-order valence-corrected chi connectivity index (χ4v) is 3.22. The smallest absolute Gasteiger partial charge is 0.308 e. The molecule has 2 rings (SSSR count). The molecule has 1 heterocycles. The Morgan fingerprint density at radius 3 is 2.41 bits per heavy atom. The van der Waals surface area contributed by atoms with Crippen molar-refractivity contribution in [2.45, 2.75) is 59.2 Å². The molecular weight excluding hydrogens is 348 g/mol. The van der Waals surface area contributed by atoms with Gasteiger partial charge in [-0.1, -0.05) is 12.1 Å². The second-order valence-corrected chi connectivity index (χ2v) is 7.12. The van der Waals surface area contributed by atoms with Crippen molar-refractivity contribution in [1.82, 2.24) is 4.90 Å². The third-order valence-corrected chi connectivity index (χ3v) is 4.37. The van der Waals surface area contributed by atoms with E-state index < -0.39 is 12.1 Å². The number of carbonyl (C=O) groups is 3. The molecule has 7 heteroatoms. The number of benzene rings is 1. The zero-order valence-electron chi connectivity index (χ0n) is 16.6. The molecule has 0 saturated heterocycles. The van der Waals surface area contributed by atoms with E-state index in [9.17, 15) is 14.4 Å². The van der Waals surface area contributed by atoms with E-state index in [0.29, 0.717) is 11.4 Å². The quantitative estimate of drug-likeness (QED) is 0.683. The number of para-hydroxylation sites is 2. The molecule has 1 atom stereocenters. The van der Waals surface area contributed by atoms with Crippen molar-refractivity contribution in [2.24, 2.45) is 0 Å². The van der Waals surface area contributed by atoms with Crippen molar-refractivity contribution in [3.05, 3.63) is 24.3 Å². The van der Waals surface area contributed by atoms with Crippen molar-refractivity contribution in [1.29, 1.82) is 0 Å². The predicted octanol–water partition coefficient (Wildman–Crippen LogP) is 2.38. The first kappa shape index (κ1) is 20.7. The van der Waals surface area contributed by atoms with Crippen LogP contribution < -0.4 is 9.64 Å². The van der Waals surface area contributed by atoms with E-state index in [-0.39, 0.29) is 43.5 Å². The molecule has 1 aromatic carbocycles. The van der Waals surface area contributed by atoms with Crippen molar-refractivity contribution >= 4 is 23.5 Å². The minimum atomic E-state index is -0.866. The number of amides is 2. The van der Waals surface area contributed by atoms with E-state index in [2.05, 4.69) is 0 Å². The first-order chi connectivity index (χ1) is 12.7. The van der Waals surface area contributed by atoms with Gasteiger partial charge in [0.1, 0.15) is 5.75 Å². The van der Waals surface area contributed by atoms with Gasteiger partial charge in [-0.2, -0.15) is 0 Å². The van der Waals surface area contributed by atoms with Gasteiger partial charge in [-0.3, -0.25) is 14.4 Å². The summed E-state index contributed by atoms with van der Waals surface area (Å²) in [4.78, 5) is 40.1. The monoisotopic (exact) mass is 376 g/mol. The van der Waals surface area contributed by atoms with Gasteiger partial charge in [0, 0.05) is 18.6 Å². The molecule has 0 aromatic heterocycles. The number of anilines is 1. The molecule has 0 aliphatic carbocycles. The lowest BCUT2D eigenvalue weighted by Crippen LogP contribution is -2.47. The third kappa shape index (κ3) is 4.99. The number of carbonyl (C=O) groups excluding carboxylic acids is 3. The average molecular weight is 376 g/mol. The zero-order valence-corrected chi connectivity index (χ0v) is 16.6. The van der Waals surface area contributed by atoms with Crippen molar-refractivity contribution in [2.75, 3.05) is 18.1 Å². The van der Waals surface area contributed by atoms with E-state index in [4.69, 9.17) is 9.47 Å². The molecule has 1 aliphatic heterocycles. The third-order valence-electron chi connectivity index (χ3n) is 4.37. The number of hydrogen-bond acceptors (Lipinski definition) is 5. The van der Waals surface area contributed by atoms with Gasteiger partial charge in [0.05, 0.1) is 12.1 Å². The largest absolute Gasteiger partial charge is 0.482 e. The summed E-state index contributed by atoms with van der Waals surface area (Å²) in [5.41, 5.74) is 0.636. The Morgan fingerprint density at radius 1 is 1.15 bits per heavy atom. The van der Waals surface area contributed by atoms with Crippen LogP contribution in [0.1, 0.15) is 41.0 Å². The Morgan fingerprint density at radius 2 is 1.78 bits per heavy atom. The lowest BCUT2D eigenvalue weighted by Gasteiger charge is -2.33. The molecule has 2 amide bonds. The lowest BCUT2D eigenvalue weighted by molar-refractivity contribution is -0.160. The molecule has 0 saturated carbocycles. The van der Waals surface area contributed by atoms with Gasteiger partial charge in [-0.05, 0) is 46.8 Å². The zero-order chi connectivity index (χ0) is 20.1. The number of hydrogen-bond donors (Lipinski definition) is 0. The number of ether oxygens (including phenoxy) is 2. The van der Waals surface area contributed by atoms with Crippen LogP contribution in [0.5, 0.6) is 5.75 Å². The van der Waals surface area contributed by atoms with Crippen LogP contribution in [0.4, 0.5) is 5.69 Å². The van der Waals surface area contributed by atoms with E-state index in [0.717, 1.165) is 0 Å². The summed E-state index contributed by atoms with van der Waals surface area (Å²) >= 11 is 0. The van der Waals surface area contributed by atoms with E-state index >= 15 is 0 Å². The fraction of sp³-hybridized carbons (Fsp3) is 0.550. The Labute approximate surface area is 160 Å². The van der Waals surface area contributed by atoms with Gasteiger partial charge in [-0.25, -0.2) is 0 Å². The fourth-order valence-electron chi connectivity index (χ4n) is 3.22. The summed E-state index contributed by atoms with van der Waals surface area (Å²) < 4.78 is 10.7. The molecule has 1 unspecified atom stereocenters. The van der Waals surface area contributed by atoms with Crippen LogP contribution in [-0.4, -0.2) is 54.0 Å². The molecule has 0 bridgehead atoms. The van der Waals surface area contributed by atoms with Gasteiger partial charge >= 0.3 is 5.97 Å². The molecule has 148 valence electrons. The number of esters is 1. The number of fused-ring (bicyclic) bond motifs is 1. The average Bonchev–Trinajstić information content (AvgIpc) is 2.60. The van der Waals surface area contributed by atoms with Gasteiger partial charge in [0.15, 0.2) is 12.7 Å². The molecule has 1 aliphatic rings. The first-order valence-electron chi connectivity index (χ1n) is 9.26. The minimum Gasteiger partial charge on any atom is -0.482 e. The van der Waals surface area contributed by atoms with Crippen molar-refractivity contribution in [3.8, 4) is 5.75 Å². The highest BCUT2D eigenvalue weighted by molar-refractivity contribution is 5.98. The van der Waals surface area contributed by atoms with Gasteiger partial charge < -0.3 is 19.3 Å². The summed E-state index contributed by atoms with van der Waals surface area (Å²) in [6, 6.07) is 7.21. The van der Waals surface area contributed by atoms with E-state index in [1.807, 2.05) is 33.8 Å². The van der Waals surface area contributed by atoms with E-state index in [1.54, 1.807) is 30.0 Å². The Hall–Kier alpha value is -2.57. The number of rotatable bonds is 7. The lowest BCUT2D eigenvalue weighted by atomic mass is 10.2. The van der Waals surface area contributed by atoms with Crippen LogP contribution in [0, 0.1) is 0 Å². The summed E-state index contributed by atoms with van der Waals surface area (Å²) in [6.07, 6.45) is -0.865. The topological polar surface area (TPSA) is 76.1 Å². The van der Waals surface area contributed by atoms with Crippen LogP contribution in [0.15, 0.2) is 24.3 Å². The van der Waals surface area contributed by atoms with Crippen LogP contribution >= 0.6 is 0 Å². The molecule has 0 fully saturated rings. The summed E-state index contributed by atoms with van der Waals surface area (Å²) in [5.74, 6) is -0.337. The summed E-state index contributed by atoms with van der Waals surface area (Å²) in [5, 5.41) is 0. The maximum atomic E-state index is 12.6. The number of nitrogens with zero attached hydrogens (tertiary/aromatic N) is 2. The Balaban J connectivity index is 1.94. The van der Waals surface area contributed by atoms with Gasteiger partial charge in [0.25, 0.3) is 11.8 Å². The highest BCUT2D eigenvalue weighted by Crippen LogP contribution is 2.31. The maximum Gasteiger partial charge on any atom is 0.308 e. The van der Waals surface area contributed by atoms with Gasteiger partial charge in [-0.15, -0.1) is 0 Å². The van der Waals surface area contributed by atoms with Crippen LogP contribution in [0.25, 0.3) is 0 Å². The van der Waals surface area contributed by atoms with Crippen molar-refractivity contribution < 1.29 is 23.9 Å². The Kier molecular flexibility index (Phi) is 6.82. The van der Waals surface area contributed by atoms with Crippen molar-refractivity contribution in [3.63, 3.8) is 0 Å². The standard InChI is InChI=1S/C20H28N2O5/c1-13(2)22(14(3)4)20(25)15(5)27-19(24)10-11-21-16-8-6-7-9-17(16)26-12-18(21)23/h6-9,13-15H,10-12H2,1-5H3. The highest BCUT2D eigenvalue weighted by Gasteiger charge is 2.29. The van der Waals surface area contributed by atoms with Crippen LogP contribution in [0.2, 0.25) is 0 Å². The molecule has 0 N–H and O–H groups in total. The molecule has 27 heavy (non-hydrogen) atoms. The summed E-state index contributed by atoms with van der Waals surface area (Å²) in [6.45, 7) is 9.40. The van der Waals surface area contributed by atoms with Gasteiger partial charge in [0.2, 0.25) is 0 Å².